The number of morpholine rings is 1. The van der Waals surface area contributed by atoms with Crippen molar-refractivity contribution in [3.05, 3.63) is 95.6 Å². The minimum Gasteiger partial charge on any atom is -0.379 e. The first-order chi connectivity index (χ1) is 16.4. The van der Waals surface area contributed by atoms with E-state index in [1.165, 1.54) is 4.31 Å². The topological polar surface area (TPSA) is 87.7 Å². The van der Waals surface area contributed by atoms with Crippen LogP contribution in [-0.2, 0) is 26.1 Å². The molecule has 8 heteroatoms. The van der Waals surface area contributed by atoms with Crippen molar-refractivity contribution in [3.63, 3.8) is 0 Å². The second kappa shape index (κ2) is 10.9. The van der Waals surface area contributed by atoms with Crippen LogP contribution in [0.15, 0.2) is 83.8 Å². The fourth-order valence-corrected chi connectivity index (χ4v) is 5.53. The molecular formula is C26H29N3O4S. The number of hydrogen-bond donors (Lipinski definition) is 2. The van der Waals surface area contributed by atoms with E-state index in [1.54, 1.807) is 24.3 Å². The number of rotatable bonds is 8. The van der Waals surface area contributed by atoms with Gasteiger partial charge in [0.15, 0.2) is 0 Å². The normalized spacial score (nSPS) is 15.6. The van der Waals surface area contributed by atoms with Gasteiger partial charge in [-0.1, -0.05) is 66.2 Å². The van der Waals surface area contributed by atoms with E-state index in [2.05, 4.69) is 10.6 Å². The van der Waals surface area contributed by atoms with Crippen LogP contribution in [0.5, 0.6) is 0 Å². The number of anilines is 1. The summed E-state index contributed by atoms with van der Waals surface area (Å²) in [5.41, 5.74) is 3.21. The first-order valence-corrected chi connectivity index (χ1v) is 12.7. The highest BCUT2D eigenvalue weighted by Crippen LogP contribution is 2.23. The van der Waals surface area contributed by atoms with Crippen LogP contribution in [0.25, 0.3) is 0 Å². The van der Waals surface area contributed by atoms with Crippen molar-refractivity contribution in [1.82, 2.24) is 9.62 Å². The average Bonchev–Trinajstić information content (AvgIpc) is 2.87. The van der Waals surface area contributed by atoms with E-state index < -0.39 is 16.1 Å². The molecule has 1 heterocycles. The molecule has 7 nitrogen and oxygen atoms in total. The van der Waals surface area contributed by atoms with E-state index in [4.69, 9.17) is 4.74 Å². The summed E-state index contributed by atoms with van der Waals surface area (Å²) in [6.45, 7) is 3.62. The molecule has 0 aliphatic carbocycles. The molecule has 1 amide bonds. The summed E-state index contributed by atoms with van der Waals surface area (Å²) in [6, 6.07) is 23.2. The summed E-state index contributed by atoms with van der Waals surface area (Å²) >= 11 is 0. The third-order valence-corrected chi connectivity index (χ3v) is 7.77. The van der Waals surface area contributed by atoms with Crippen molar-refractivity contribution in [2.24, 2.45) is 0 Å². The Morgan fingerprint density at radius 2 is 1.59 bits per heavy atom. The lowest BCUT2D eigenvalue weighted by molar-refractivity contribution is -0.118. The Kier molecular flexibility index (Phi) is 7.74. The highest BCUT2D eigenvalue weighted by molar-refractivity contribution is 7.89. The van der Waals surface area contributed by atoms with Gasteiger partial charge in [0.05, 0.1) is 18.1 Å². The first-order valence-electron chi connectivity index (χ1n) is 11.3. The van der Waals surface area contributed by atoms with E-state index in [0.29, 0.717) is 37.6 Å². The molecule has 0 spiro atoms. The number of hydrogen-bond acceptors (Lipinski definition) is 5. The standard InChI is InChI=1S/C26H29N3O4S/c1-20-11-13-23(14-12-20)28-26(30)25(21-7-3-2-4-8-21)27-19-22-9-5-6-10-24(22)34(31,32)29-15-17-33-18-16-29/h2-14,25,27H,15-19H2,1H3,(H,28,30). The van der Waals surface area contributed by atoms with Gasteiger partial charge in [0.1, 0.15) is 6.04 Å². The molecule has 0 radical (unpaired) electrons. The number of carbonyl (C=O) groups excluding carboxylic acids is 1. The van der Waals surface area contributed by atoms with Gasteiger partial charge in [0.2, 0.25) is 15.9 Å². The molecule has 3 aromatic rings. The smallest absolute Gasteiger partial charge is 0.246 e. The van der Waals surface area contributed by atoms with Gasteiger partial charge in [-0.05, 0) is 36.2 Å². The molecule has 0 saturated carbocycles. The third kappa shape index (κ3) is 5.71. The van der Waals surface area contributed by atoms with Gasteiger partial charge in [-0.2, -0.15) is 4.31 Å². The highest BCUT2D eigenvalue weighted by Gasteiger charge is 2.29. The minimum absolute atomic E-state index is 0.209. The maximum absolute atomic E-state index is 13.3. The Bertz CT molecular complexity index is 1210. The lowest BCUT2D eigenvalue weighted by Crippen LogP contribution is -2.41. The molecule has 1 aliphatic rings. The Hall–Kier alpha value is -3.04. The van der Waals surface area contributed by atoms with Crippen molar-refractivity contribution >= 4 is 21.6 Å². The molecule has 1 fully saturated rings. The van der Waals surface area contributed by atoms with Crippen molar-refractivity contribution < 1.29 is 17.9 Å². The summed E-state index contributed by atoms with van der Waals surface area (Å²) < 4.78 is 33.3. The second-order valence-electron chi connectivity index (χ2n) is 8.20. The fourth-order valence-electron chi connectivity index (χ4n) is 3.90. The summed E-state index contributed by atoms with van der Waals surface area (Å²) in [7, 11) is -3.67. The quantitative estimate of drug-likeness (QED) is 0.517. The third-order valence-electron chi connectivity index (χ3n) is 5.77. The van der Waals surface area contributed by atoms with Crippen LogP contribution < -0.4 is 10.6 Å². The zero-order valence-corrected chi connectivity index (χ0v) is 19.9. The monoisotopic (exact) mass is 479 g/mol. The van der Waals surface area contributed by atoms with Crippen molar-refractivity contribution in [3.8, 4) is 0 Å². The summed E-state index contributed by atoms with van der Waals surface area (Å²) in [5, 5.41) is 6.24. The van der Waals surface area contributed by atoms with Crippen molar-refractivity contribution in [2.75, 3.05) is 31.6 Å². The van der Waals surface area contributed by atoms with Crippen LogP contribution in [0.1, 0.15) is 22.7 Å². The number of nitrogens with one attached hydrogen (secondary N) is 2. The van der Waals surface area contributed by atoms with Crippen LogP contribution in [0, 0.1) is 6.92 Å². The van der Waals surface area contributed by atoms with Gasteiger partial charge < -0.3 is 10.1 Å². The van der Waals surface area contributed by atoms with Crippen LogP contribution in [0.4, 0.5) is 5.69 Å². The van der Waals surface area contributed by atoms with Gasteiger partial charge in [-0.15, -0.1) is 0 Å². The molecule has 3 aromatic carbocycles. The number of sulfonamides is 1. The van der Waals surface area contributed by atoms with E-state index >= 15 is 0 Å². The van der Waals surface area contributed by atoms with Crippen molar-refractivity contribution in [2.45, 2.75) is 24.4 Å². The molecular weight excluding hydrogens is 450 g/mol. The van der Waals surface area contributed by atoms with Gasteiger partial charge >= 0.3 is 0 Å². The number of aryl methyl sites for hydroxylation is 1. The predicted octanol–water partition coefficient (Wildman–Crippen LogP) is 3.49. The fraction of sp³-hybridized carbons (Fsp3) is 0.269. The van der Waals surface area contributed by atoms with Crippen LogP contribution in [0.2, 0.25) is 0 Å². The predicted molar refractivity (Wildman–Crippen MR) is 132 cm³/mol. The number of ether oxygens (including phenoxy) is 1. The van der Waals surface area contributed by atoms with Gasteiger partial charge in [-0.25, -0.2) is 8.42 Å². The summed E-state index contributed by atoms with van der Waals surface area (Å²) in [6.07, 6.45) is 0. The molecule has 0 aromatic heterocycles. The van der Waals surface area contributed by atoms with Gasteiger partial charge in [0.25, 0.3) is 0 Å². The highest BCUT2D eigenvalue weighted by atomic mass is 32.2. The number of carbonyl (C=O) groups is 1. The number of amides is 1. The van der Waals surface area contributed by atoms with E-state index in [9.17, 15) is 13.2 Å². The van der Waals surface area contributed by atoms with E-state index in [-0.39, 0.29) is 17.3 Å². The van der Waals surface area contributed by atoms with Gasteiger partial charge in [-0.3, -0.25) is 10.1 Å². The summed E-state index contributed by atoms with van der Waals surface area (Å²) in [5.74, 6) is -0.219. The molecule has 2 N–H and O–H groups in total. The molecule has 4 rings (SSSR count). The molecule has 1 saturated heterocycles. The summed E-state index contributed by atoms with van der Waals surface area (Å²) in [4.78, 5) is 13.5. The molecule has 1 aliphatic heterocycles. The zero-order chi connectivity index (χ0) is 24.0. The maximum Gasteiger partial charge on any atom is 0.246 e. The second-order valence-corrected chi connectivity index (χ2v) is 10.1. The zero-order valence-electron chi connectivity index (χ0n) is 19.1. The van der Waals surface area contributed by atoms with Crippen LogP contribution >= 0.6 is 0 Å². The Labute approximate surface area is 200 Å². The van der Waals surface area contributed by atoms with Crippen molar-refractivity contribution in [1.29, 1.82) is 0 Å². The van der Waals surface area contributed by atoms with Crippen LogP contribution in [-0.4, -0.2) is 44.9 Å². The average molecular weight is 480 g/mol. The van der Waals surface area contributed by atoms with E-state index in [1.807, 2.05) is 61.5 Å². The molecule has 0 bridgehead atoms. The van der Waals surface area contributed by atoms with Gasteiger partial charge in [0, 0.05) is 25.3 Å². The lowest BCUT2D eigenvalue weighted by atomic mass is 10.1. The first kappa shape index (κ1) is 24.1. The maximum atomic E-state index is 13.3. The Morgan fingerprint density at radius 1 is 0.941 bits per heavy atom. The SMILES string of the molecule is Cc1ccc(NC(=O)C(NCc2ccccc2S(=O)(=O)N2CCOCC2)c2ccccc2)cc1. The molecule has 1 unspecified atom stereocenters. The minimum atomic E-state index is -3.67. The largest absolute Gasteiger partial charge is 0.379 e. The Balaban J connectivity index is 1.56. The van der Waals surface area contributed by atoms with Crippen LogP contribution in [0.3, 0.4) is 0 Å². The van der Waals surface area contributed by atoms with E-state index in [0.717, 1.165) is 11.1 Å². The Morgan fingerprint density at radius 3 is 2.29 bits per heavy atom. The number of nitrogens with zero attached hydrogens (tertiary/aromatic N) is 1. The molecule has 34 heavy (non-hydrogen) atoms. The molecule has 1 atom stereocenters. The molecule has 178 valence electrons. The number of benzene rings is 3. The lowest BCUT2D eigenvalue weighted by Gasteiger charge is -2.27.